The van der Waals surface area contributed by atoms with Crippen molar-refractivity contribution in [3.8, 4) is 16.8 Å². The van der Waals surface area contributed by atoms with Crippen molar-refractivity contribution in [3.05, 3.63) is 103 Å². The maximum atomic E-state index is 4.87. The van der Waals surface area contributed by atoms with Crippen LogP contribution in [-0.4, -0.2) is 40.2 Å². The second-order valence-electron chi connectivity index (χ2n) is 9.84. The summed E-state index contributed by atoms with van der Waals surface area (Å²) in [5, 5.41) is 1.11. The zero-order valence-corrected chi connectivity index (χ0v) is 21.1. The van der Waals surface area contributed by atoms with Crippen molar-refractivity contribution < 1.29 is 0 Å². The molecule has 2 aromatic heterocycles. The first-order valence-corrected chi connectivity index (χ1v) is 12.7. The summed E-state index contributed by atoms with van der Waals surface area (Å²) in [4.78, 5) is 14.6. The van der Waals surface area contributed by atoms with Gasteiger partial charge in [-0.15, -0.1) is 0 Å². The highest BCUT2D eigenvalue weighted by Crippen LogP contribution is 2.37. The predicted octanol–water partition coefficient (Wildman–Crippen LogP) is 6.42. The minimum absolute atomic E-state index is 0.366. The lowest BCUT2D eigenvalue weighted by molar-refractivity contribution is 0.548. The molecular formula is C31H31N5. The van der Waals surface area contributed by atoms with Gasteiger partial charge in [-0.05, 0) is 56.2 Å². The van der Waals surface area contributed by atoms with Crippen molar-refractivity contribution >= 4 is 22.5 Å². The fourth-order valence-corrected chi connectivity index (χ4v) is 5.36. The summed E-state index contributed by atoms with van der Waals surface area (Å²) >= 11 is 0. The van der Waals surface area contributed by atoms with Crippen LogP contribution in [0.25, 0.3) is 27.8 Å². The van der Waals surface area contributed by atoms with E-state index in [4.69, 9.17) is 9.97 Å². The van der Waals surface area contributed by atoms with E-state index in [0.717, 1.165) is 47.7 Å². The van der Waals surface area contributed by atoms with E-state index in [1.807, 2.05) is 0 Å². The molecule has 0 unspecified atom stereocenters. The molecule has 0 N–H and O–H groups in total. The zero-order valence-electron chi connectivity index (χ0n) is 21.1. The average molecular weight is 474 g/mol. The van der Waals surface area contributed by atoms with E-state index in [0.29, 0.717) is 6.04 Å². The molecule has 1 fully saturated rings. The van der Waals surface area contributed by atoms with Crippen LogP contribution in [0.1, 0.15) is 18.1 Å². The van der Waals surface area contributed by atoms with Gasteiger partial charge in [-0.1, -0.05) is 60.2 Å². The highest BCUT2D eigenvalue weighted by Gasteiger charge is 2.28. The molecule has 0 aliphatic carbocycles. The monoisotopic (exact) mass is 473 g/mol. The molecule has 1 atom stereocenters. The van der Waals surface area contributed by atoms with Gasteiger partial charge in [0, 0.05) is 48.8 Å². The van der Waals surface area contributed by atoms with Crippen LogP contribution >= 0.6 is 0 Å². The normalized spacial score (nSPS) is 16.0. The molecule has 3 heterocycles. The Labute approximate surface area is 212 Å². The van der Waals surface area contributed by atoms with Gasteiger partial charge in [-0.25, -0.2) is 9.97 Å². The molecule has 36 heavy (non-hydrogen) atoms. The van der Waals surface area contributed by atoms with Crippen LogP contribution < -0.4 is 9.80 Å². The van der Waals surface area contributed by atoms with Crippen molar-refractivity contribution in [1.29, 1.82) is 0 Å². The molecule has 0 spiro atoms. The first-order chi connectivity index (χ1) is 17.6. The van der Waals surface area contributed by atoms with Crippen LogP contribution in [-0.2, 0) is 0 Å². The van der Waals surface area contributed by atoms with E-state index >= 15 is 0 Å². The highest BCUT2D eigenvalue weighted by atomic mass is 15.3. The van der Waals surface area contributed by atoms with Gasteiger partial charge in [0.05, 0.1) is 5.39 Å². The number of rotatable bonds is 4. The van der Waals surface area contributed by atoms with Gasteiger partial charge >= 0.3 is 0 Å². The first kappa shape index (κ1) is 22.4. The lowest BCUT2D eigenvalue weighted by Crippen LogP contribution is -2.52. The molecule has 1 aliphatic rings. The molecule has 180 valence electrons. The quantitative estimate of drug-likeness (QED) is 0.302. The largest absolute Gasteiger partial charge is 0.365 e. The lowest BCUT2D eigenvalue weighted by atomic mass is 10.1. The van der Waals surface area contributed by atoms with Crippen LogP contribution in [0, 0.1) is 13.8 Å². The van der Waals surface area contributed by atoms with Crippen LogP contribution in [0.15, 0.2) is 91.4 Å². The molecule has 6 rings (SSSR count). The SMILES string of the molecule is Cc1ccc(-n2cc(-c3ccccc3)c3c(N4CCN(c5cccc(C)c5)[C@@H](C)C4)ncnc32)cc1. The highest BCUT2D eigenvalue weighted by molar-refractivity contribution is 6.02. The molecule has 0 bridgehead atoms. The van der Waals surface area contributed by atoms with Crippen LogP contribution in [0.3, 0.4) is 0 Å². The molecule has 3 aromatic carbocycles. The zero-order chi connectivity index (χ0) is 24.6. The molecule has 5 nitrogen and oxygen atoms in total. The van der Waals surface area contributed by atoms with Crippen molar-refractivity contribution in [2.24, 2.45) is 0 Å². The maximum absolute atomic E-state index is 4.87. The summed E-state index contributed by atoms with van der Waals surface area (Å²) in [6, 6.07) is 28.4. The Morgan fingerprint density at radius 3 is 2.33 bits per heavy atom. The number of fused-ring (bicyclic) bond motifs is 1. The number of aryl methyl sites for hydroxylation is 2. The number of benzene rings is 3. The van der Waals surface area contributed by atoms with Crippen LogP contribution in [0.4, 0.5) is 11.5 Å². The van der Waals surface area contributed by atoms with Gasteiger partial charge in [0.1, 0.15) is 12.1 Å². The molecule has 5 aromatic rings. The van der Waals surface area contributed by atoms with Gasteiger partial charge in [-0.3, -0.25) is 0 Å². The van der Waals surface area contributed by atoms with Gasteiger partial charge in [0.15, 0.2) is 5.65 Å². The average Bonchev–Trinajstić information content (AvgIpc) is 3.29. The second-order valence-corrected chi connectivity index (χ2v) is 9.84. The lowest BCUT2D eigenvalue weighted by Gasteiger charge is -2.42. The number of nitrogens with zero attached hydrogens (tertiary/aromatic N) is 5. The van der Waals surface area contributed by atoms with Crippen molar-refractivity contribution in [2.45, 2.75) is 26.8 Å². The molecular weight excluding hydrogens is 442 g/mol. The van der Waals surface area contributed by atoms with E-state index in [1.165, 1.54) is 22.4 Å². The molecule has 0 amide bonds. The standard InChI is InChI=1S/C31H31N5/c1-22-12-14-26(15-13-22)36-20-28(25-9-5-4-6-10-25)29-30(32-21-33-31(29)36)34-16-17-35(24(3)19-34)27-11-7-8-23(2)18-27/h4-15,18,20-21,24H,16-17,19H2,1-3H3/t24-/m0/s1. The number of anilines is 2. The van der Waals surface area contributed by atoms with Crippen molar-refractivity contribution in [3.63, 3.8) is 0 Å². The Bertz CT molecular complexity index is 1500. The third-order valence-corrected chi connectivity index (χ3v) is 7.22. The Hall–Kier alpha value is -4.12. The predicted molar refractivity (Wildman–Crippen MR) is 149 cm³/mol. The van der Waals surface area contributed by atoms with E-state index in [1.54, 1.807) is 6.33 Å². The number of piperazine rings is 1. The summed E-state index contributed by atoms with van der Waals surface area (Å²) in [5.41, 5.74) is 8.22. The molecule has 0 saturated carbocycles. The summed E-state index contributed by atoms with van der Waals surface area (Å²) < 4.78 is 2.20. The van der Waals surface area contributed by atoms with E-state index in [2.05, 4.69) is 120 Å². The van der Waals surface area contributed by atoms with E-state index in [9.17, 15) is 0 Å². The number of aromatic nitrogens is 3. The maximum Gasteiger partial charge on any atom is 0.150 e. The van der Waals surface area contributed by atoms with Gasteiger partial charge in [-0.2, -0.15) is 0 Å². The fraction of sp³-hybridized carbons (Fsp3) is 0.226. The van der Waals surface area contributed by atoms with E-state index in [-0.39, 0.29) is 0 Å². The fourth-order valence-electron chi connectivity index (χ4n) is 5.36. The third kappa shape index (κ3) is 4.01. The molecule has 1 aliphatic heterocycles. The Kier molecular flexibility index (Phi) is 5.68. The minimum Gasteiger partial charge on any atom is -0.365 e. The third-order valence-electron chi connectivity index (χ3n) is 7.22. The van der Waals surface area contributed by atoms with E-state index < -0.39 is 0 Å². The number of hydrogen-bond donors (Lipinski definition) is 0. The van der Waals surface area contributed by atoms with Crippen molar-refractivity contribution in [2.75, 3.05) is 29.4 Å². The number of hydrogen-bond acceptors (Lipinski definition) is 4. The summed E-state index contributed by atoms with van der Waals surface area (Å²) in [7, 11) is 0. The summed E-state index contributed by atoms with van der Waals surface area (Å²) in [6.45, 7) is 9.35. The Morgan fingerprint density at radius 1 is 0.778 bits per heavy atom. The smallest absolute Gasteiger partial charge is 0.150 e. The van der Waals surface area contributed by atoms with Gasteiger partial charge < -0.3 is 14.4 Å². The summed E-state index contributed by atoms with van der Waals surface area (Å²) in [6.07, 6.45) is 3.93. The Balaban J connectivity index is 1.44. The second kappa shape index (κ2) is 9.15. The minimum atomic E-state index is 0.366. The van der Waals surface area contributed by atoms with Crippen LogP contribution in [0.2, 0.25) is 0 Å². The van der Waals surface area contributed by atoms with Crippen molar-refractivity contribution in [1.82, 2.24) is 14.5 Å². The molecule has 5 heteroatoms. The molecule has 0 radical (unpaired) electrons. The van der Waals surface area contributed by atoms with Gasteiger partial charge in [0.25, 0.3) is 0 Å². The molecule has 1 saturated heterocycles. The first-order valence-electron chi connectivity index (χ1n) is 12.7. The van der Waals surface area contributed by atoms with Gasteiger partial charge in [0.2, 0.25) is 0 Å². The Morgan fingerprint density at radius 2 is 1.58 bits per heavy atom. The summed E-state index contributed by atoms with van der Waals surface area (Å²) in [5.74, 6) is 1.01. The van der Waals surface area contributed by atoms with Crippen LogP contribution in [0.5, 0.6) is 0 Å². The topological polar surface area (TPSA) is 37.2 Å².